The molecule has 7 nitrogen and oxygen atoms in total. The fourth-order valence-electron chi connectivity index (χ4n) is 2.64. The fourth-order valence-corrected chi connectivity index (χ4v) is 2.64. The fraction of sp³-hybridized carbons (Fsp3) is 0.286. The maximum Gasteiger partial charge on any atom is 0.437 e. The number of aromatic nitrogens is 2. The Morgan fingerprint density at radius 3 is 2.57 bits per heavy atom. The van der Waals surface area contributed by atoms with Crippen molar-refractivity contribution in [1.29, 1.82) is 0 Å². The predicted molar refractivity (Wildman–Crippen MR) is 103 cm³/mol. The van der Waals surface area contributed by atoms with E-state index in [0.29, 0.717) is 24.2 Å². The molecular weight excluding hydrogens is 360 g/mol. The van der Waals surface area contributed by atoms with Crippen molar-refractivity contribution in [2.24, 2.45) is 0 Å². The van der Waals surface area contributed by atoms with Crippen molar-refractivity contribution in [1.82, 2.24) is 9.78 Å². The monoisotopic (exact) mass is 382 g/mol. The molecule has 0 aliphatic carbocycles. The van der Waals surface area contributed by atoms with E-state index in [1.165, 1.54) is 0 Å². The highest BCUT2D eigenvalue weighted by molar-refractivity contribution is 5.75. The van der Waals surface area contributed by atoms with Gasteiger partial charge >= 0.3 is 5.76 Å². The van der Waals surface area contributed by atoms with Gasteiger partial charge in [-0.1, -0.05) is 30.3 Å². The molecule has 3 rings (SSSR count). The number of hydrogen-bond donors (Lipinski definition) is 1. The van der Waals surface area contributed by atoms with Gasteiger partial charge in [-0.05, 0) is 43.2 Å². The molecule has 1 atom stereocenters. The molecule has 7 heteroatoms. The van der Waals surface area contributed by atoms with Gasteiger partial charge < -0.3 is 19.1 Å². The SMILES string of the molecule is CC(=O)CCc1ccc(OCC(O)Cn2nc(-c3ccccc3)oc2=O)cc1. The predicted octanol–water partition coefficient (Wildman–Crippen LogP) is 2.46. The smallest absolute Gasteiger partial charge is 0.437 e. The molecule has 0 spiro atoms. The topological polar surface area (TPSA) is 94.6 Å². The van der Waals surface area contributed by atoms with Gasteiger partial charge in [0.25, 0.3) is 0 Å². The maximum absolute atomic E-state index is 11.9. The number of aliphatic hydroxyl groups excluding tert-OH is 1. The molecule has 1 heterocycles. The lowest BCUT2D eigenvalue weighted by Gasteiger charge is -2.12. The Bertz CT molecular complexity index is 960. The van der Waals surface area contributed by atoms with Gasteiger partial charge in [-0.2, -0.15) is 4.68 Å². The number of aliphatic hydroxyl groups is 1. The van der Waals surface area contributed by atoms with E-state index in [0.717, 1.165) is 10.2 Å². The molecule has 3 aromatic rings. The Balaban J connectivity index is 1.53. The number of ketones is 1. The molecule has 0 saturated carbocycles. The zero-order valence-corrected chi connectivity index (χ0v) is 15.6. The van der Waals surface area contributed by atoms with E-state index in [-0.39, 0.29) is 24.8 Å². The van der Waals surface area contributed by atoms with Crippen LogP contribution in [0.5, 0.6) is 5.75 Å². The van der Waals surface area contributed by atoms with Crippen LogP contribution in [0.2, 0.25) is 0 Å². The van der Waals surface area contributed by atoms with E-state index in [9.17, 15) is 14.7 Å². The van der Waals surface area contributed by atoms with Crippen molar-refractivity contribution in [3.8, 4) is 17.2 Å². The molecule has 1 unspecified atom stereocenters. The Kier molecular flexibility index (Phi) is 6.39. The van der Waals surface area contributed by atoms with E-state index in [2.05, 4.69) is 5.10 Å². The van der Waals surface area contributed by atoms with E-state index in [1.54, 1.807) is 31.2 Å². The summed E-state index contributed by atoms with van der Waals surface area (Å²) in [4.78, 5) is 23.0. The summed E-state index contributed by atoms with van der Waals surface area (Å²) in [5, 5.41) is 14.3. The molecule has 0 amide bonds. The van der Waals surface area contributed by atoms with Crippen molar-refractivity contribution < 1.29 is 19.1 Å². The molecule has 0 radical (unpaired) electrons. The molecule has 28 heavy (non-hydrogen) atoms. The summed E-state index contributed by atoms with van der Waals surface area (Å²) in [6, 6.07) is 16.4. The number of carbonyl (C=O) groups excluding carboxylic acids is 1. The number of aryl methyl sites for hydroxylation is 1. The average Bonchev–Trinajstić information content (AvgIpc) is 3.06. The first-order valence-electron chi connectivity index (χ1n) is 9.04. The van der Waals surface area contributed by atoms with Gasteiger partial charge in [0.1, 0.15) is 24.2 Å². The third-order valence-electron chi connectivity index (χ3n) is 4.14. The molecule has 0 aliphatic rings. The number of hydrogen-bond acceptors (Lipinski definition) is 6. The van der Waals surface area contributed by atoms with Crippen molar-refractivity contribution in [3.05, 3.63) is 70.7 Å². The van der Waals surface area contributed by atoms with Crippen molar-refractivity contribution in [2.45, 2.75) is 32.4 Å². The van der Waals surface area contributed by atoms with Gasteiger partial charge in [0, 0.05) is 12.0 Å². The van der Waals surface area contributed by atoms with Crippen LogP contribution in [0.1, 0.15) is 18.9 Å². The molecule has 0 fully saturated rings. The van der Waals surface area contributed by atoms with E-state index in [1.807, 2.05) is 30.3 Å². The number of nitrogens with zero attached hydrogens (tertiary/aromatic N) is 2. The number of benzene rings is 2. The first-order valence-corrected chi connectivity index (χ1v) is 9.04. The van der Waals surface area contributed by atoms with Crippen LogP contribution >= 0.6 is 0 Å². The third-order valence-corrected chi connectivity index (χ3v) is 4.14. The van der Waals surface area contributed by atoms with Gasteiger partial charge in [-0.25, -0.2) is 4.79 Å². The third kappa shape index (κ3) is 5.40. The molecule has 1 aromatic heterocycles. The molecule has 146 valence electrons. The number of Topliss-reactive ketones (excluding diaryl/α,β-unsaturated/α-hetero) is 1. The lowest BCUT2D eigenvalue weighted by molar-refractivity contribution is -0.116. The maximum atomic E-state index is 11.9. The van der Waals surface area contributed by atoms with Crippen LogP contribution in [0.25, 0.3) is 11.5 Å². The van der Waals surface area contributed by atoms with Gasteiger partial charge in [0.05, 0.1) is 6.54 Å². The summed E-state index contributed by atoms with van der Waals surface area (Å²) in [5.74, 6) is 0.331. The van der Waals surface area contributed by atoms with Gasteiger partial charge in [-0.15, -0.1) is 5.10 Å². The second kappa shape index (κ2) is 9.14. The largest absolute Gasteiger partial charge is 0.491 e. The minimum absolute atomic E-state index is 0.00671. The quantitative estimate of drug-likeness (QED) is 0.611. The summed E-state index contributed by atoms with van der Waals surface area (Å²) in [7, 11) is 0. The van der Waals surface area contributed by atoms with Gasteiger partial charge in [0.2, 0.25) is 5.89 Å². The molecular formula is C21H22N2O5. The first-order chi connectivity index (χ1) is 13.5. The van der Waals surface area contributed by atoms with Crippen LogP contribution in [0.15, 0.2) is 63.8 Å². The highest BCUT2D eigenvalue weighted by atomic mass is 16.5. The molecule has 0 saturated heterocycles. The Morgan fingerprint density at radius 1 is 1.18 bits per heavy atom. The van der Waals surface area contributed by atoms with Crippen molar-refractivity contribution >= 4 is 5.78 Å². The van der Waals surface area contributed by atoms with Crippen LogP contribution in [0.3, 0.4) is 0 Å². The van der Waals surface area contributed by atoms with Crippen LogP contribution in [-0.4, -0.2) is 33.4 Å². The Labute approximate surface area is 162 Å². The second-order valence-corrected chi connectivity index (χ2v) is 6.53. The highest BCUT2D eigenvalue weighted by Gasteiger charge is 2.14. The summed E-state index contributed by atoms with van der Waals surface area (Å²) < 4.78 is 11.8. The second-order valence-electron chi connectivity index (χ2n) is 6.53. The van der Waals surface area contributed by atoms with Crippen molar-refractivity contribution in [2.75, 3.05) is 6.61 Å². The van der Waals surface area contributed by atoms with Gasteiger partial charge in [0.15, 0.2) is 0 Å². The number of carbonyl (C=O) groups is 1. The molecule has 2 aromatic carbocycles. The Hall–Kier alpha value is -3.19. The molecule has 1 N–H and O–H groups in total. The van der Waals surface area contributed by atoms with Crippen LogP contribution in [-0.2, 0) is 17.8 Å². The zero-order valence-electron chi connectivity index (χ0n) is 15.6. The summed E-state index contributed by atoms with van der Waals surface area (Å²) in [5.41, 5.74) is 1.74. The summed E-state index contributed by atoms with van der Waals surface area (Å²) in [6.45, 7) is 1.54. The number of ether oxygens (including phenoxy) is 1. The van der Waals surface area contributed by atoms with Crippen molar-refractivity contribution in [3.63, 3.8) is 0 Å². The minimum atomic E-state index is -0.927. The lowest BCUT2D eigenvalue weighted by Crippen LogP contribution is -2.29. The van der Waals surface area contributed by atoms with Crippen LogP contribution < -0.4 is 10.5 Å². The minimum Gasteiger partial charge on any atom is -0.491 e. The molecule has 0 aliphatic heterocycles. The van der Waals surface area contributed by atoms with Gasteiger partial charge in [-0.3, -0.25) is 0 Å². The van der Waals surface area contributed by atoms with E-state index < -0.39 is 11.9 Å². The molecule has 0 bridgehead atoms. The van der Waals surface area contributed by atoms with Crippen LogP contribution in [0, 0.1) is 0 Å². The normalized spacial score (nSPS) is 11.9. The van der Waals surface area contributed by atoms with Crippen LogP contribution in [0.4, 0.5) is 0 Å². The lowest BCUT2D eigenvalue weighted by atomic mass is 10.1. The standard InChI is InChI=1S/C21H22N2O5/c1-15(24)7-8-16-9-11-19(12-10-16)27-14-18(25)13-23-21(26)28-20(22-23)17-5-3-2-4-6-17/h2-6,9-12,18,25H,7-8,13-14H2,1H3. The van der Waals surface area contributed by atoms with E-state index >= 15 is 0 Å². The van der Waals surface area contributed by atoms with E-state index in [4.69, 9.17) is 9.15 Å². The first kappa shape index (κ1) is 19.6. The Morgan fingerprint density at radius 2 is 1.89 bits per heavy atom. The number of rotatable bonds is 9. The summed E-state index contributed by atoms with van der Waals surface area (Å²) >= 11 is 0. The summed E-state index contributed by atoms with van der Waals surface area (Å²) in [6.07, 6.45) is 0.275. The zero-order chi connectivity index (χ0) is 19.9. The highest BCUT2D eigenvalue weighted by Crippen LogP contribution is 2.15. The average molecular weight is 382 g/mol.